The van der Waals surface area contributed by atoms with Crippen LogP contribution in [0.1, 0.15) is 29.6 Å². The fourth-order valence-electron chi connectivity index (χ4n) is 1.99. The quantitative estimate of drug-likeness (QED) is 0.520. The summed E-state index contributed by atoms with van der Waals surface area (Å²) in [5.41, 5.74) is 0.543. The second kappa shape index (κ2) is 6.93. The van der Waals surface area contributed by atoms with Crippen LogP contribution in [0.15, 0.2) is 30.5 Å². The number of carbonyl (C=O) groups excluding carboxylic acids is 1. The summed E-state index contributed by atoms with van der Waals surface area (Å²) >= 11 is 6.03. The van der Waals surface area contributed by atoms with Crippen LogP contribution < -0.4 is 5.32 Å². The van der Waals surface area contributed by atoms with E-state index >= 15 is 0 Å². The number of hydrogen-bond acceptors (Lipinski definition) is 2. The summed E-state index contributed by atoms with van der Waals surface area (Å²) in [5, 5.41) is 4.89. The Morgan fingerprint density at radius 1 is 1.30 bits per heavy atom. The Labute approximate surface area is 123 Å². The third-order valence-electron chi connectivity index (χ3n) is 3.02. The van der Waals surface area contributed by atoms with E-state index in [1.54, 1.807) is 0 Å². The molecule has 0 bridgehead atoms. The third kappa shape index (κ3) is 3.28. The van der Waals surface area contributed by atoms with Gasteiger partial charge in [-0.25, -0.2) is 4.98 Å². The Kier molecular flexibility index (Phi) is 4.97. The molecule has 0 saturated carbocycles. The first kappa shape index (κ1) is 14.4. The number of rotatable bonds is 5. The van der Waals surface area contributed by atoms with E-state index < -0.39 is 0 Å². The Bertz CT molecular complexity index is 661. The predicted molar refractivity (Wildman–Crippen MR) is 81.8 cm³/mol. The van der Waals surface area contributed by atoms with E-state index in [4.69, 9.17) is 18.0 Å². The van der Waals surface area contributed by atoms with Gasteiger partial charge in [0.05, 0.1) is 5.56 Å². The van der Waals surface area contributed by atoms with Crippen LogP contribution in [-0.2, 0) is 0 Å². The standard InChI is InChI=1S/C16H15ClN2O/c1-2-3-4-7-10-18-16(20)14-11-19-15(17)13-9-6-5-8-12(13)14/h1,5-6,8-9,11H,3-4,7,10H2,(H,18,20). The van der Waals surface area contributed by atoms with Gasteiger partial charge >= 0.3 is 0 Å². The largest absolute Gasteiger partial charge is 0.352 e. The molecule has 20 heavy (non-hydrogen) atoms. The number of fused-ring (bicyclic) bond motifs is 1. The number of amides is 1. The SMILES string of the molecule is C#CCCCCNC(=O)c1cnc(Cl)c2ccccc12. The molecule has 2 rings (SSSR count). The van der Waals surface area contributed by atoms with Gasteiger partial charge < -0.3 is 5.32 Å². The molecule has 1 heterocycles. The van der Waals surface area contributed by atoms with Crippen molar-refractivity contribution in [3.63, 3.8) is 0 Å². The van der Waals surface area contributed by atoms with Crippen molar-refractivity contribution in [2.45, 2.75) is 19.3 Å². The lowest BCUT2D eigenvalue weighted by Gasteiger charge is -2.08. The van der Waals surface area contributed by atoms with Gasteiger partial charge in [-0.15, -0.1) is 12.3 Å². The Balaban J connectivity index is 2.11. The molecule has 3 nitrogen and oxygen atoms in total. The molecular formula is C16H15ClN2O. The Morgan fingerprint density at radius 2 is 2.05 bits per heavy atom. The normalized spacial score (nSPS) is 10.2. The number of halogens is 1. The van der Waals surface area contributed by atoms with Gasteiger partial charge in [0.25, 0.3) is 5.91 Å². The number of aromatic nitrogens is 1. The zero-order valence-electron chi connectivity index (χ0n) is 11.0. The zero-order valence-corrected chi connectivity index (χ0v) is 11.8. The smallest absolute Gasteiger partial charge is 0.253 e. The second-order valence-electron chi connectivity index (χ2n) is 4.43. The van der Waals surface area contributed by atoms with Gasteiger partial charge in [0.2, 0.25) is 0 Å². The van der Waals surface area contributed by atoms with E-state index in [-0.39, 0.29) is 5.91 Å². The van der Waals surface area contributed by atoms with Gasteiger partial charge in [-0.3, -0.25) is 4.79 Å². The van der Waals surface area contributed by atoms with E-state index in [1.165, 1.54) is 6.20 Å². The van der Waals surface area contributed by atoms with Gasteiger partial charge in [0, 0.05) is 24.5 Å². The number of nitrogens with one attached hydrogen (secondary N) is 1. The molecule has 102 valence electrons. The number of hydrogen-bond donors (Lipinski definition) is 1. The van der Waals surface area contributed by atoms with Crippen LogP contribution in [0.25, 0.3) is 10.8 Å². The summed E-state index contributed by atoms with van der Waals surface area (Å²) in [6.45, 7) is 0.609. The highest BCUT2D eigenvalue weighted by molar-refractivity contribution is 6.34. The van der Waals surface area contributed by atoms with E-state index in [0.717, 1.165) is 30.0 Å². The predicted octanol–water partition coefficient (Wildman–Crippen LogP) is 3.42. The van der Waals surface area contributed by atoms with E-state index in [0.29, 0.717) is 17.3 Å². The maximum absolute atomic E-state index is 12.2. The van der Waals surface area contributed by atoms with Gasteiger partial charge in [0.15, 0.2) is 0 Å². The highest BCUT2D eigenvalue weighted by Crippen LogP contribution is 2.23. The molecule has 0 spiro atoms. The monoisotopic (exact) mass is 286 g/mol. The lowest BCUT2D eigenvalue weighted by Crippen LogP contribution is -2.24. The molecule has 0 aliphatic heterocycles. The van der Waals surface area contributed by atoms with E-state index in [2.05, 4.69) is 16.2 Å². The van der Waals surface area contributed by atoms with Crippen LogP contribution in [0.5, 0.6) is 0 Å². The van der Waals surface area contributed by atoms with Crippen molar-refractivity contribution in [3.8, 4) is 12.3 Å². The average molecular weight is 287 g/mol. The molecule has 4 heteroatoms. The summed E-state index contributed by atoms with van der Waals surface area (Å²) in [4.78, 5) is 16.2. The van der Waals surface area contributed by atoms with Gasteiger partial charge in [-0.1, -0.05) is 35.9 Å². The molecule has 1 aromatic carbocycles. The molecule has 1 aromatic heterocycles. The average Bonchev–Trinajstić information content (AvgIpc) is 2.47. The summed E-state index contributed by atoms with van der Waals surface area (Å²) in [6, 6.07) is 7.48. The third-order valence-corrected chi connectivity index (χ3v) is 3.33. The van der Waals surface area contributed by atoms with Crippen LogP contribution in [0.3, 0.4) is 0 Å². The van der Waals surface area contributed by atoms with E-state index in [1.807, 2.05) is 24.3 Å². The van der Waals surface area contributed by atoms with Gasteiger partial charge in [-0.2, -0.15) is 0 Å². The van der Waals surface area contributed by atoms with Crippen LogP contribution in [0.2, 0.25) is 5.15 Å². The number of benzene rings is 1. The van der Waals surface area contributed by atoms with Crippen LogP contribution in [0.4, 0.5) is 0 Å². The topological polar surface area (TPSA) is 42.0 Å². The summed E-state index contributed by atoms with van der Waals surface area (Å²) < 4.78 is 0. The van der Waals surface area contributed by atoms with Crippen LogP contribution in [0, 0.1) is 12.3 Å². The highest BCUT2D eigenvalue weighted by Gasteiger charge is 2.11. The summed E-state index contributed by atoms with van der Waals surface area (Å²) in [7, 11) is 0. The van der Waals surface area contributed by atoms with Crippen molar-refractivity contribution in [2.24, 2.45) is 0 Å². The number of pyridine rings is 1. The van der Waals surface area contributed by atoms with Crippen LogP contribution >= 0.6 is 11.6 Å². The Morgan fingerprint density at radius 3 is 2.80 bits per heavy atom. The van der Waals surface area contributed by atoms with Crippen molar-refractivity contribution in [2.75, 3.05) is 6.54 Å². The minimum Gasteiger partial charge on any atom is -0.352 e. The van der Waals surface area contributed by atoms with Crippen molar-refractivity contribution >= 4 is 28.3 Å². The first-order valence-corrected chi connectivity index (χ1v) is 6.86. The maximum atomic E-state index is 12.2. The lowest BCUT2D eigenvalue weighted by molar-refractivity contribution is 0.0954. The molecule has 0 radical (unpaired) electrons. The molecule has 2 aromatic rings. The maximum Gasteiger partial charge on any atom is 0.253 e. The lowest BCUT2D eigenvalue weighted by atomic mass is 10.1. The minimum absolute atomic E-state index is 0.133. The zero-order chi connectivity index (χ0) is 14.4. The van der Waals surface area contributed by atoms with Gasteiger partial charge in [-0.05, 0) is 18.2 Å². The van der Waals surface area contributed by atoms with Crippen LogP contribution in [-0.4, -0.2) is 17.4 Å². The molecule has 0 aliphatic rings. The highest BCUT2D eigenvalue weighted by atomic mass is 35.5. The first-order chi connectivity index (χ1) is 9.74. The minimum atomic E-state index is -0.133. The molecular weight excluding hydrogens is 272 g/mol. The van der Waals surface area contributed by atoms with Gasteiger partial charge in [0.1, 0.15) is 5.15 Å². The summed E-state index contributed by atoms with van der Waals surface area (Å²) in [5.74, 6) is 2.45. The molecule has 0 aliphatic carbocycles. The molecule has 0 unspecified atom stereocenters. The molecule has 1 amide bonds. The number of unbranched alkanes of at least 4 members (excludes halogenated alkanes) is 2. The summed E-state index contributed by atoms with van der Waals surface area (Å²) in [6.07, 6.45) is 9.22. The number of terminal acetylenes is 1. The first-order valence-electron chi connectivity index (χ1n) is 6.49. The van der Waals surface area contributed by atoms with Crippen molar-refractivity contribution in [1.29, 1.82) is 0 Å². The van der Waals surface area contributed by atoms with E-state index in [9.17, 15) is 4.79 Å². The molecule has 0 fully saturated rings. The fraction of sp³-hybridized carbons (Fsp3) is 0.250. The van der Waals surface area contributed by atoms with Crippen molar-refractivity contribution in [3.05, 3.63) is 41.2 Å². The molecule has 0 atom stereocenters. The fourth-order valence-corrected chi connectivity index (χ4v) is 2.20. The van der Waals surface area contributed by atoms with Crippen molar-refractivity contribution in [1.82, 2.24) is 10.3 Å². The van der Waals surface area contributed by atoms with Crippen molar-refractivity contribution < 1.29 is 4.79 Å². The molecule has 0 saturated heterocycles. The number of carbonyl (C=O) groups is 1. The Hall–Kier alpha value is -2.05. The second-order valence-corrected chi connectivity index (χ2v) is 4.78. The molecule has 1 N–H and O–H groups in total. The number of nitrogens with zero attached hydrogens (tertiary/aromatic N) is 1.